The molecule has 1 rings (SSSR count). The van der Waals surface area contributed by atoms with Gasteiger partial charge in [0.15, 0.2) is 0 Å². The second-order valence-corrected chi connectivity index (χ2v) is 4.44. The highest BCUT2D eigenvalue weighted by Crippen LogP contribution is 2.19. The Morgan fingerprint density at radius 1 is 1.25 bits per heavy atom. The van der Waals surface area contributed by atoms with E-state index in [4.69, 9.17) is 10.8 Å². The molecule has 0 bridgehead atoms. The number of nitrogens with one attached hydrogen (secondary N) is 1. The van der Waals surface area contributed by atoms with E-state index >= 15 is 0 Å². The quantitative estimate of drug-likeness (QED) is 0.679. The van der Waals surface area contributed by atoms with Crippen LogP contribution in [0, 0.1) is 0 Å². The Hall–Kier alpha value is -2.37. The van der Waals surface area contributed by atoms with Gasteiger partial charge in [-0.05, 0) is 12.0 Å². The summed E-state index contributed by atoms with van der Waals surface area (Å²) in [5, 5.41) is 11.3. The summed E-state index contributed by atoms with van der Waals surface area (Å²) in [7, 11) is 0. The molecule has 0 aromatic heterocycles. The van der Waals surface area contributed by atoms with E-state index in [0.29, 0.717) is 6.42 Å². The first-order valence-electron chi connectivity index (χ1n) is 6.32. The van der Waals surface area contributed by atoms with E-state index < -0.39 is 36.2 Å². The molecule has 1 aromatic carbocycles. The van der Waals surface area contributed by atoms with Gasteiger partial charge in [-0.3, -0.25) is 9.59 Å². The molecule has 108 valence electrons. The van der Waals surface area contributed by atoms with Crippen LogP contribution in [-0.2, 0) is 14.4 Å². The number of benzene rings is 1. The number of amides is 2. The van der Waals surface area contributed by atoms with Crippen molar-refractivity contribution in [1.29, 1.82) is 0 Å². The van der Waals surface area contributed by atoms with Gasteiger partial charge in [-0.25, -0.2) is 4.79 Å². The van der Waals surface area contributed by atoms with Gasteiger partial charge in [0, 0.05) is 0 Å². The Morgan fingerprint density at radius 3 is 2.30 bits per heavy atom. The van der Waals surface area contributed by atoms with Crippen LogP contribution in [0.5, 0.6) is 0 Å². The van der Waals surface area contributed by atoms with Crippen LogP contribution in [0.25, 0.3) is 0 Å². The summed E-state index contributed by atoms with van der Waals surface area (Å²) in [6, 6.07) is 7.76. The van der Waals surface area contributed by atoms with E-state index in [2.05, 4.69) is 5.32 Å². The van der Waals surface area contributed by atoms with Gasteiger partial charge >= 0.3 is 5.97 Å². The molecule has 0 aliphatic carbocycles. The average molecular weight is 278 g/mol. The summed E-state index contributed by atoms with van der Waals surface area (Å²) in [6.07, 6.45) is 0.102. The summed E-state index contributed by atoms with van der Waals surface area (Å²) in [4.78, 5) is 34.0. The predicted octanol–water partition coefficient (Wildman–Crippen LogP) is 0.625. The Morgan fingerprint density at radius 2 is 1.85 bits per heavy atom. The molecule has 2 amide bonds. The SMILES string of the molecule is CCC(C(=O)NC(CC(N)=O)C(=O)O)c1ccccc1. The number of carbonyl (C=O) groups excluding carboxylic acids is 2. The van der Waals surface area contributed by atoms with Crippen LogP contribution >= 0.6 is 0 Å². The Bertz CT molecular complexity index is 487. The fraction of sp³-hybridized carbons (Fsp3) is 0.357. The van der Waals surface area contributed by atoms with E-state index in [9.17, 15) is 14.4 Å². The highest BCUT2D eigenvalue weighted by atomic mass is 16.4. The minimum Gasteiger partial charge on any atom is -0.480 e. The molecule has 0 aliphatic rings. The second-order valence-electron chi connectivity index (χ2n) is 4.44. The maximum Gasteiger partial charge on any atom is 0.326 e. The van der Waals surface area contributed by atoms with Gasteiger partial charge in [-0.1, -0.05) is 37.3 Å². The van der Waals surface area contributed by atoms with Gasteiger partial charge < -0.3 is 16.2 Å². The van der Waals surface area contributed by atoms with Crippen molar-refractivity contribution in [2.45, 2.75) is 31.7 Å². The van der Waals surface area contributed by atoms with Crippen molar-refractivity contribution in [3.63, 3.8) is 0 Å². The van der Waals surface area contributed by atoms with Gasteiger partial charge in [0.2, 0.25) is 11.8 Å². The average Bonchev–Trinajstić information content (AvgIpc) is 2.39. The number of primary amides is 1. The number of hydrogen-bond donors (Lipinski definition) is 3. The van der Waals surface area contributed by atoms with Crippen LogP contribution in [0.1, 0.15) is 31.2 Å². The molecular formula is C14H18N2O4. The van der Waals surface area contributed by atoms with E-state index in [1.54, 1.807) is 12.1 Å². The molecule has 0 heterocycles. The lowest BCUT2D eigenvalue weighted by atomic mass is 9.95. The van der Waals surface area contributed by atoms with Crippen LogP contribution in [0.3, 0.4) is 0 Å². The fourth-order valence-corrected chi connectivity index (χ4v) is 1.93. The lowest BCUT2D eigenvalue weighted by molar-refractivity contribution is -0.143. The van der Waals surface area contributed by atoms with Crippen LogP contribution in [0.15, 0.2) is 30.3 Å². The normalized spacial score (nSPS) is 13.2. The number of carbonyl (C=O) groups is 3. The maximum absolute atomic E-state index is 12.1. The van der Waals surface area contributed by atoms with E-state index in [1.807, 2.05) is 25.1 Å². The third-order valence-corrected chi connectivity index (χ3v) is 2.95. The molecule has 0 radical (unpaired) electrons. The first-order chi connectivity index (χ1) is 9.45. The molecule has 0 saturated carbocycles. The molecule has 2 unspecified atom stereocenters. The first kappa shape index (κ1) is 15.7. The molecule has 20 heavy (non-hydrogen) atoms. The van der Waals surface area contributed by atoms with Crippen LogP contribution < -0.4 is 11.1 Å². The number of carboxylic acid groups (broad SMARTS) is 1. The second kappa shape index (κ2) is 7.28. The van der Waals surface area contributed by atoms with Gasteiger partial charge in [0.1, 0.15) is 6.04 Å². The van der Waals surface area contributed by atoms with Crippen molar-refractivity contribution in [3.05, 3.63) is 35.9 Å². The monoisotopic (exact) mass is 278 g/mol. The van der Waals surface area contributed by atoms with Crippen LogP contribution in [0.4, 0.5) is 0 Å². The zero-order chi connectivity index (χ0) is 15.1. The van der Waals surface area contributed by atoms with Crippen molar-refractivity contribution in [3.8, 4) is 0 Å². The highest BCUT2D eigenvalue weighted by molar-refractivity contribution is 5.90. The minimum atomic E-state index is -1.29. The van der Waals surface area contributed by atoms with Crippen molar-refractivity contribution in [1.82, 2.24) is 5.32 Å². The highest BCUT2D eigenvalue weighted by Gasteiger charge is 2.26. The Kier molecular flexibility index (Phi) is 5.71. The molecule has 6 nitrogen and oxygen atoms in total. The predicted molar refractivity (Wildman–Crippen MR) is 72.9 cm³/mol. The summed E-state index contributed by atoms with van der Waals surface area (Å²) in [5.41, 5.74) is 5.77. The van der Waals surface area contributed by atoms with Crippen LogP contribution in [-0.4, -0.2) is 28.9 Å². The smallest absolute Gasteiger partial charge is 0.326 e. The number of hydrogen-bond acceptors (Lipinski definition) is 3. The number of rotatable bonds is 7. The number of aliphatic carboxylic acids is 1. The molecule has 0 spiro atoms. The van der Waals surface area contributed by atoms with Crippen molar-refractivity contribution < 1.29 is 19.5 Å². The largest absolute Gasteiger partial charge is 0.480 e. The van der Waals surface area contributed by atoms with Crippen molar-refractivity contribution in [2.24, 2.45) is 5.73 Å². The molecule has 0 saturated heterocycles. The van der Waals surface area contributed by atoms with Gasteiger partial charge in [-0.15, -0.1) is 0 Å². The summed E-state index contributed by atoms with van der Waals surface area (Å²) >= 11 is 0. The van der Waals surface area contributed by atoms with Crippen LogP contribution in [0.2, 0.25) is 0 Å². The molecule has 1 aromatic rings. The topological polar surface area (TPSA) is 109 Å². The molecule has 0 fully saturated rings. The zero-order valence-corrected chi connectivity index (χ0v) is 11.2. The van der Waals surface area contributed by atoms with E-state index in [1.165, 1.54) is 0 Å². The number of carboxylic acids is 1. The van der Waals surface area contributed by atoms with E-state index in [0.717, 1.165) is 5.56 Å². The van der Waals surface area contributed by atoms with Gasteiger partial charge in [0.25, 0.3) is 0 Å². The summed E-state index contributed by atoms with van der Waals surface area (Å²) < 4.78 is 0. The maximum atomic E-state index is 12.1. The Labute approximate surface area is 117 Å². The first-order valence-corrected chi connectivity index (χ1v) is 6.32. The Balaban J connectivity index is 2.81. The standard InChI is InChI=1S/C14H18N2O4/c1-2-10(9-6-4-3-5-7-9)13(18)16-11(14(19)20)8-12(15)17/h3-7,10-11H,2,8H2,1H3,(H2,15,17)(H,16,18)(H,19,20). The fourth-order valence-electron chi connectivity index (χ4n) is 1.93. The molecule has 2 atom stereocenters. The number of nitrogens with two attached hydrogens (primary N) is 1. The zero-order valence-electron chi connectivity index (χ0n) is 11.2. The third-order valence-electron chi connectivity index (χ3n) is 2.95. The van der Waals surface area contributed by atoms with Crippen molar-refractivity contribution in [2.75, 3.05) is 0 Å². The summed E-state index contributed by atoms with van der Waals surface area (Å²) in [6.45, 7) is 1.83. The lowest BCUT2D eigenvalue weighted by Crippen LogP contribution is -2.45. The molecule has 6 heteroatoms. The molecule has 4 N–H and O–H groups in total. The lowest BCUT2D eigenvalue weighted by Gasteiger charge is -2.19. The van der Waals surface area contributed by atoms with Crippen molar-refractivity contribution >= 4 is 17.8 Å². The van der Waals surface area contributed by atoms with E-state index in [-0.39, 0.29) is 0 Å². The molecular weight excluding hydrogens is 260 g/mol. The minimum absolute atomic E-state index is 0.424. The van der Waals surface area contributed by atoms with Gasteiger partial charge in [-0.2, -0.15) is 0 Å². The summed E-state index contributed by atoms with van der Waals surface area (Å²) in [5.74, 6) is -2.93. The third kappa shape index (κ3) is 4.38. The van der Waals surface area contributed by atoms with Gasteiger partial charge in [0.05, 0.1) is 12.3 Å². The molecule has 0 aliphatic heterocycles.